The summed E-state index contributed by atoms with van der Waals surface area (Å²) in [6, 6.07) is 3.68. The van der Waals surface area contributed by atoms with E-state index in [1.807, 2.05) is 19.1 Å². The van der Waals surface area contributed by atoms with Gasteiger partial charge in [-0.15, -0.1) is 0 Å². The van der Waals surface area contributed by atoms with Crippen molar-refractivity contribution in [1.82, 2.24) is 15.2 Å². The van der Waals surface area contributed by atoms with E-state index in [0.717, 1.165) is 12.0 Å². The van der Waals surface area contributed by atoms with E-state index < -0.39 is 5.97 Å². The van der Waals surface area contributed by atoms with E-state index in [9.17, 15) is 9.59 Å². The molecule has 0 spiro atoms. The maximum Gasteiger partial charge on any atom is 0.317 e. The number of hydrogen-bond donors (Lipinski definition) is 2. The number of pyridine rings is 1. The molecule has 1 aliphatic heterocycles. The number of aromatic nitrogens is 1. The minimum Gasteiger partial charge on any atom is -0.481 e. The summed E-state index contributed by atoms with van der Waals surface area (Å²) in [7, 11) is 0. The van der Waals surface area contributed by atoms with Crippen LogP contribution in [0.5, 0.6) is 0 Å². The second-order valence-corrected chi connectivity index (χ2v) is 5.45. The van der Waals surface area contributed by atoms with Gasteiger partial charge in [0.25, 0.3) is 0 Å². The molecule has 0 bridgehead atoms. The van der Waals surface area contributed by atoms with E-state index in [2.05, 4.69) is 10.3 Å². The number of carboxylic acids is 1. The van der Waals surface area contributed by atoms with E-state index in [-0.39, 0.29) is 18.0 Å². The first-order valence-corrected chi connectivity index (χ1v) is 7.24. The van der Waals surface area contributed by atoms with Crippen LogP contribution in [0.2, 0.25) is 0 Å². The molecule has 2 atom stereocenters. The van der Waals surface area contributed by atoms with Crippen LogP contribution in [0.3, 0.4) is 0 Å². The van der Waals surface area contributed by atoms with Crippen molar-refractivity contribution >= 4 is 12.0 Å². The number of rotatable bonds is 4. The Morgan fingerprint density at radius 1 is 1.52 bits per heavy atom. The summed E-state index contributed by atoms with van der Waals surface area (Å²) in [5, 5.41) is 11.9. The molecule has 2 N–H and O–H groups in total. The molecule has 2 amide bonds. The largest absolute Gasteiger partial charge is 0.481 e. The van der Waals surface area contributed by atoms with Crippen molar-refractivity contribution in [3.05, 3.63) is 30.1 Å². The van der Waals surface area contributed by atoms with Crippen LogP contribution in [-0.2, 0) is 11.2 Å². The SMILES string of the molecule is CC1CC(C(=O)O)CCN1C(=O)NCCc1cccnc1. The standard InChI is InChI=1S/C15H21N3O3/c1-11-9-13(14(19)20)5-8-18(11)15(21)17-7-4-12-3-2-6-16-10-12/h2-3,6,10-11,13H,4-5,7-9H2,1H3,(H,17,21)(H,19,20). The Kier molecular flexibility index (Phi) is 5.14. The second-order valence-electron chi connectivity index (χ2n) is 5.45. The molecule has 1 fully saturated rings. The van der Waals surface area contributed by atoms with Crippen molar-refractivity contribution < 1.29 is 14.7 Å². The highest BCUT2D eigenvalue weighted by Crippen LogP contribution is 2.22. The number of amides is 2. The summed E-state index contributed by atoms with van der Waals surface area (Å²) < 4.78 is 0. The molecule has 0 radical (unpaired) electrons. The highest BCUT2D eigenvalue weighted by Gasteiger charge is 2.31. The Hall–Kier alpha value is -2.11. The third-order valence-corrected chi connectivity index (χ3v) is 3.90. The number of aliphatic carboxylic acids is 1. The molecule has 114 valence electrons. The maximum atomic E-state index is 12.1. The molecule has 1 saturated heterocycles. The molecule has 1 aliphatic rings. The minimum atomic E-state index is -0.765. The lowest BCUT2D eigenvalue weighted by Crippen LogP contribution is -2.50. The molecule has 1 aromatic rings. The average molecular weight is 291 g/mol. The first kappa shape index (κ1) is 15.3. The van der Waals surface area contributed by atoms with Gasteiger partial charge >= 0.3 is 12.0 Å². The van der Waals surface area contributed by atoms with Crippen LogP contribution >= 0.6 is 0 Å². The number of carboxylic acid groups (broad SMARTS) is 1. The van der Waals surface area contributed by atoms with Gasteiger partial charge in [0.15, 0.2) is 0 Å². The summed E-state index contributed by atoms with van der Waals surface area (Å²) >= 11 is 0. The van der Waals surface area contributed by atoms with Crippen LogP contribution in [-0.4, -0.2) is 46.1 Å². The summed E-state index contributed by atoms with van der Waals surface area (Å²) in [4.78, 5) is 28.9. The first-order valence-electron chi connectivity index (χ1n) is 7.24. The van der Waals surface area contributed by atoms with Crippen LogP contribution in [0.4, 0.5) is 4.79 Å². The number of piperidine rings is 1. The number of carbonyl (C=O) groups is 2. The Labute approximate surface area is 124 Å². The molecular weight excluding hydrogens is 270 g/mol. The van der Waals surface area contributed by atoms with Gasteiger partial charge in [0.05, 0.1) is 5.92 Å². The van der Waals surface area contributed by atoms with Crippen molar-refractivity contribution in [2.45, 2.75) is 32.2 Å². The number of carbonyl (C=O) groups excluding carboxylic acids is 1. The number of nitrogens with one attached hydrogen (secondary N) is 1. The van der Waals surface area contributed by atoms with Crippen LogP contribution in [0.15, 0.2) is 24.5 Å². The number of likely N-dealkylation sites (tertiary alicyclic amines) is 1. The van der Waals surface area contributed by atoms with E-state index >= 15 is 0 Å². The molecule has 6 nitrogen and oxygen atoms in total. The predicted octanol–water partition coefficient (Wildman–Crippen LogP) is 1.52. The van der Waals surface area contributed by atoms with Gasteiger partial charge in [-0.1, -0.05) is 6.07 Å². The van der Waals surface area contributed by atoms with Gasteiger partial charge in [-0.25, -0.2) is 4.79 Å². The van der Waals surface area contributed by atoms with Gasteiger partial charge in [0, 0.05) is 31.5 Å². The highest BCUT2D eigenvalue weighted by atomic mass is 16.4. The molecule has 0 saturated carbocycles. The normalized spacial score (nSPS) is 21.9. The second kappa shape index (κ2) is 7.06. The van der Waals surface area contributed by atoms with Crippen molar-refractivity contribution in [3.8, 4) is 0 Å². The maximum absolute atomic E-state index is 12.1. The zero-order chi connectivity index (χ0) is 15.2. The van der Waals surface area contributed by atoms with E-state index in [1.54, 1.807) is 17.3 Å². The number of hydrogen-bond acceptors (Lipinski definition) is 3. The third-order valence-electron chi connectivity index (χ3n) is 3.90. The fraction of sp³-hybridized carbons (Fsp3) is 0.533. The van der Waals surface area contributed by atoms with Crippen molar-refractivity contribution in [2.24, 2.45) is 5.92 Å². The number of nitrogens with zero attached hydrogens (tertiary/aromatic N) is 2. The van der Waals surface area contributed by atoms with Gasteiger partial charge in [-0.3, -0.25) is 9.78 Å². The molecule has 0 aliphatic carbocycles. The smallest absolute Gasteiger partial charge is 0.317 e. The molecule has 2 heterocycles. The zero-order valence-electron chi connectivity index (χ0n) is 12.2. The fourth-order valence-electron chi connectivity index (χ4n) is 2.66. The van der Waals surface area contributed by atoms with Gasteiger partial charge in [-0.2, -0.15) is 0 Å². The minimum absolute atomic E-state index is 0.0433. The quantitative estimate of drug-likeness (QED) is 0.881. The van der Waals surface area contributed by atoms with E-state index in [4.69, 9.17) is 5.11 Å². The molecule has 2 rings (SSSR count). The topological polar surface area (TPSA) is 82.5 Å². The number of urea groups is 1. The molecule has 0 aromatic carbocycles. The molecule has 1 aromatic heterocycles. The van der Waals surface area contributed by atoms with E-state index in [0.29, 0.717) is 25.9 Å². The Morgan fingerprint density at radius 2 is 2.33 bits per heavy atom. The lowest BCUT2D eigenvalue weighted by molar-refractivity contribution is -0.143. The predicted molar refractivity (Wildman–Crippen MR) is 77.9 cm³/mol. The van der Waals surface area contributed by atoms with E-state index in [1.165, 1.54) is 0 Å². The van der Waals surface area contributed by atoms with Gasteiger partial charge in [-0.05, 0) is 37.8 Å². The van der Waals surface area contributed by atoms with Crippen molar-refractivity contribution in [2.75, 3.05) is 13.1 Å². The third kappa shape index (κ3) is 4.18. The monoisotopic (exact) mass is 291 g/mol. The summed E-state index contributed by atoms with van der Waals surface area (Å²) in [6.45, 7) is 2.95. The van der Waals surface area contributed by atoms with Crippen LogP contribution < -0.4 is 5.32 Å². The van der Waals surface area contributed by atoms with Crippen LogP contribution in [0.25, 0.3) is 0 Å². The van der Waals surface area contributed by atoms with Gasteiger partial charge in [0.1, 0.15) is 0 Å². The molecule has 21 heavy (non-hydrogen) atoms. The van der Waals surface area contributed by atoms with Crippen LogP contribution in [0.1, 0.15) is 25.3 Å². The molecule has 6 heteroatoms. The Morgan fingerprint density at radius 3 is 2.95 bits per heavy atom. The highest BCUT2D eigenvalue weighted by molar-refractivity contribution is 5.75. The Balaban J connectivity index is 1.77. The van der Waals surface area contributed by atoms with Crippen molar-refractivity contribution in [3.63, 3.8) is 0 Å². The van der Waals surface area contributed by atoms with Gasteiger partial charge in [0.2, 0.25) is 0 Å². The summed E-state index contributed by atoms with van der Waals surface area (Å²) in [6.07, 6.45) is 5.28. The Bertz CT molecular complexity index is 492. The fourth-order valence-corrected chi connectivity index (χ4v) is 2.66. The van der Waals surface area contributed by atoms with Crippen molar-refractivity contribution in [1.29, 1.82) is 0 Å². The lowest BCUT2D eigenvalue weighted by Gasteiger charge is -2.36. The van der Waals surface area contributed by atoms with Gasteiger partial charge < -0.3 is 15.3 Å². The first-order chi connectivity index (χ1) is 10.1. The lowest BCUT2D eigenvalue weighted by atomic mass is 9.92. The zero-order valence-corrected chi connectivity index (χ0v) is 12.2. The average Bonchev–Trinajstić information content (AvgIpc) is 2.48. The summed E-state index contributed by atoms with van der Waals surface area (Å²) in [5.74, 6) is -1.10. The summed E-state index contributed by atoms with van der Waals surface area (Å²) in [5.41, 5.74) is 1.08. The molecular formula is C15H21N3O3. The van der Waals surface area contributed by atoms with Crippen LogP contribution in [0, 0.1) is 5.92 Å². The molecule has 2 unspecified atom stereocenters.